The first-order chi connectivity index (χ1) is 12.1. The number of nitrogens with one attached hydrogen (secondary N) is 1. The largest absolute Gasteiger partial charge is 0.375 e. The summed E-state index contributed by atoms with van der Waals surface area (Å²) in [6.07, 6.45) is 5.08. The number of hydrogen-bond donors (Lipinski definition) is 1. The summed E-state index contributed by atoms with van der Waals surface area (Å²) in [7, 11) is 0. The van der Waals surface area contributed by atoms with Gasteiger partial charge in [-0.3, -0.25) is 14.9 Å². The molecule has 25 heavy (non-hydrogen) atoms. The Bertz CT molecular complexity index is 922. The van der Waals surface area contributed by atoms with Crippen molar-refractivity contribution in [3.8, 4) is 5.82 Å². The fourth-order valence-electron chi connectivity index (χ4n) is 2.41. The SMILES string of the molecule is CC(=O)c1ccc(NCc2cccnc2-n2cccn2)c([N+](=O)[O-])c1. The second-order valence-corrected chi connectivity index (χ2v) is 5.34. The Kier molecular flexibility index (Phi) is 4.51. The van der Waals surface area contributed by atoms with Crippen molar-refractivity contribution in [2.45, 2.75) is 13.5 Å². The van der Waals surface area contributed by atoms with E-state index in [-0.39, 0.29) is 11.5 Å². The summed E-state index contributed by atoms with van der Waals surface area (Å²) >= 11 is 0. The maximum Gasteiger partial charge on any atom is 0.293 e. The molecule has 3 aromatic rings. The predicted octanol–water partition coefficient (Wildman–Crippen LogP) is 2.99. The minimum atomic E-state index is -0.508. The summed E-state index contributed by atoms with van der Waals surface area (Å²) in [6, 6.07) is 9.83. The highest BCUT2D eigenvalue weighted by Crippen LogP contribution is 2.26. The fraction of sp³-hybridized carbons (Fsp3) is 0.118. The lowest BCUT2D eigenvalue weighted by atomic mass is 10.1. The van der Waals surface area contributed by atoms with Gasteiger partial charge < -0.3 is 5.32 Å². The second kappa shape index (κ2) is 6.91. The third kappa shape index (κ3) is 3.52. The zero-order chi connectivity index (χ0) is 17.8. The van der Waals surface area contributed by atoms with Crippen molar-refractivity contribution in [2.75, 3.05) is 5.32 Å². The summed E-state index contributed by atoms with van der Waals surface area (Å²) in [6.45, 7) is 1.70. The number of nitro groups is 1. The molecule has 0 aliphatic heterocycles. The summed E-state index contributed by atoms with van der Waals surface area (Å²) in [4.78, 5) is 26.5. The van der Waals surface area contributed by atoms with Gasteiger partial charge in [0.15, 0.2) is 11.6 Å². The Labute approximate surface area is 143 Å². The normalized spacial score (nSPS) is 10.4. The summed E-state index contributed by atoms with van der Waals surface area (Å²) in [5.74, 6) is 0.422. The number of benzene rings is 1. The molecule has 0 amide bonds. The highest BCUT2D eigenvalue weighted by atomic mass is 16.6. The minimum absolute atomic E-state index is 0.141. The van der Waals surface area contributed by atoms with Crippen molar-refractivity contribution in [1.82, 2.24) is 14.8 Å². The standard InChI is InChI=1S/C17H15N5O3/c1-12(23)13-5-6-15(16(10-13)22(24)25)19-11-14-4-2-7-18-17(14)21-9-3-8-20-21/h2-10,19H,11H2,1H3. The molecule has 2 heterocycles. The van der Waals surface area contributed by atoms with Crippen molar-refractivity contribution >= 4 is 17.2 Å². The molecule has 0 radical (unpaired) electrons. The number of rotatable bonds is 6. The first kappa shape index (κ1) is 16.3. The van der Waals surface area contributed by atoms with E-state index >= 15 is 0 Å². The molecule has 8 nitrogen and oxygen atoms in total. The Morgan fingerprint density at radius 2 is 2.12 bits per heavy atom. The van der Waals surface area contributed by atoms with Crippen LogP contribution in [-0.2, 0) is 6.54 Å². The third-order valence-electron chi connectivity index (χ3n) is 3.66. The van der Waals surface area contributed by atoms with Gasteiger partial charge in [0, 0.05) is 42.3 Å². The van der Waals surface area contributed by atoms with E-state index in [0.29, 0.717) is 23.6 Å². The zero-order valence-electron chi connectivity index (χ0n) is 13.4. The van der Waals surface area contributed by atoms with Crippen LogP contribution in [0.5, 0.6) is 0 Å². The van der Waals surface area contributed by atoms with E-state index in [0.717, 1.165) is 5.56 Å². The van der Waals surface area contributed by atoms with Gasteiger partial charge in [-0.2, -0.15) is 5.10 Å². The third-order valence-corrected chi connectivity index (χ3v) is 3.66. The second-order valence-electron chi connectivity index (χ2n) is 5.34. The average Bonchev–Trinajstić information content (AvgIpc) is 3.14. The number of ketones is 1. The molecule has 0 saturated heterocycles. The number of nitro benzene ring substituents is 1. The van der Waals surface area contributed by atoms with Gasteiger partial charge in [-0.15, -0.1) is 0 Å². The lowest BCUT2D eigenvalue weighted by molar-refractivity contribution is -0.384. The molecule has 0 aliphatic rings. The van der Waals surface area contributed by atoms with Crippen LogP contribution in [0.2, 0.25) is 0 Å². The molecular formula is C17H15N5O3. The summed E-state index contributed by atoms with van der Waals surface area (Å²) in [5.41, 5.74) is 1.33. The zero-order valence-corrected chi connectivity index (χ0v) is 13.4. The van der Waals surface area contributed by atoms with E-state index < -0.39 is 4.92 Å². The van der Waals surface area contributed by atoms with Crippen LogP contribution in [-0.4, -0.2) is 25.5 Å². The van der Waals surface area contributed by atoms with Crippen molar-refractivity contribution in [3.63, 3.8) is 0 Å². The van der Waals surface area contributed by atoms with E-state index in [9.17, 15) is 14.9 Å². The highest BCUT2D eigenvalue weighted by molar-refractivity contribution is 5.95. The van der Waals surface area contributed by atoms with Gasteiger partial charge in [0.2, 0.25) is 0 Å². The van der Waals surface area contributed by atoms with Gasteiger partial charge in [0.05, 0.1) is 4.92 Å². The van der Waals surface area contributed by atoms with E-state index in [1.54, 1.807) is 47.5 Å². The molecule has 1 N–H and O–H groups in total. The van der Waals surface area contributed by atoms with Crippen molar-refractivity contribution in [1.29, 1.82) is 0 Å². The lowest BCUT2D eigenvalue weighted by Gasteiger charge is -2.11. The average molecular weight is 337 g/mol. The summed E-state index contributed by atoms with van der Waals surface area (Å²) < 4.78 is 1.63. The fourth-order valence-corrected chi connectivity index (χ4v) is 2.41. The molecule has 126 valence electrons. The number of nitrogens with zero attached hydrogens (tertiary/aromatic N) is 4. The molecule has 0 unspecified atom stereocenters. The Morgan fingerprint density at radius 3 is 2.80 bits per heavy atom. The smallest absolute Gasteiger partial charge is 0.293 e. The van der Waals surface area contributed by atoms with Crippen molar-refractivity contribution < 1.29 is 9.72 Å². The van der Waals surface area contributed by atoms with Gasteiger partial charge in [-0.1, -0.05) is 6.07 Å². The quantitative estimate of drug-likeness (QED) is 0.421. The summed E-state index contributed by atoms with van der Waals surface area (Å²) in [5, 5.41) is 18.5. The van der Waals surface area contributed by atoms with E-state index in [2.05, 4.69) is 15.4 Å². The van der Waals surface area contributed by atoms with E-state index in [1.165, 1.54) is 13.0 Å². The molecule has 1 aromatic carbocycles. The number of hydrogen-bond acceptors (Lipinski definition) is 6. The van der Waals surface area contributed by atoms with Gasteiger partial charge in [-0.05, 0) is 31.2 Å². The number of aromatic nitrogens is 3. The van der Waals surface area contributed by atoms with Gasteiger partial charge in [0.25, 0.3) is 5.69 Å². The maximum absolute atomic E-state index is 11.4. The molecule has 2 aromatic heterocycles. The van der Waals surface area contributed by atoms with Crippen LogP contribution >= 0.6 is 0 Å². The van der Waals surface area contributed by atoms with Crippen molar-refractivity contribution in [2.24, 2.45) is 0 Å². The highest BCUT2D eigenvalue weighted by Gasteiger charge is 2.16. The molecule has 0 aliphatic carbocycles. The molecule has 0 fully saturated rings. The number of anilines is 1. The number of pyridine rings is 1. The number of carbonyl (C=O) groups is 1. The molecule has 8 heteroatoms. The Hall–Kier alpha value is -3.55. The van der Waals surface area contributed by atoms with Crippen LogP contribution in [0.15, 0.2) is 55.0 Å². The van der Waals surface area contributed by atoms with Crippen molar-refractivity contribution in [3.05, 3.63) is 76.2 Å². The molecule has 0 bridgehead atoms. The molecule has 3 rings (SSSR count). The van der Waals surface area contributed by atoms with E-state index in [4.69, 9.17) is 0 Å². The Morgan fingerprint density at radius 1 is 1.28 bits per heavy atom. The van der Waals surface area contributed by atoms with Crippen LogP contribution in [0, 0.1) is 10.1 Å². The molecule has 0 spiro atoms. The van der Waals surface area contributed by atoms with Crippen LogP contribution in [0.4, 0.5) is 11.4 Å². The van der Waals surface area contributed by atoms with Crippen LogP contribution in [0.1, 0.15) is 22.8 Å². The predicted molar refractivity (Wildman–Crippen MR) is 91.8 cm³/mol. The first-order valence-electron chi connectivity index (χ1n) is 7.53. The molecule has 0 atom stereocenters. The maximum atomic E-state index is 11.4. The van der Waals surface area contributed by atoms with Crippen LogP contribution in [0.25, 0.3) is 5.82 Å². The van der Waals surface area contributed by atoms with Crippen LogP contribution < -0.4 is 5.32 Å². The first-order valence-corrected chi connectivity index (χ1v) is 7.53. The van der Waals surface area contributed by atoms with Gasteiger partial charge >= 0.3 is 0 Å². The minimum Gasteiger partial charge on any atom is -0.375 e. The number of Topliss-reactive ketones (excluding diaryl/α,β-unsaturated/α-hetero) is 1. The topological polar surface area (TPSA) is 103 Å². The number of carbonyl (C=O) groups excluding carboxylic acids is 1. The monoisotopic (exact) mass is 337 g/mol. The lowest BCUT2D eigenvalue weighted by Crippen LogP contribution is -2.09. The van der Waals surface area contributed by atoms with Gasteiger partial charge in [0.1, 0.15) is 5.69 Å². The van der Waals surface area contributed by atoms with E-state index in [1.807, 2.05) is 6.07 Å². The van der Waals surface area contributed by atoms with Gasteiger partial charge in [-0.25, -0.2) is 9.67 Å². The Balaban J connectivity index is 1.88. The molecular weight excluding hydrogens is 322 g/mol. The molecule has 0 saturated carbocycles. The van der Waals surface area contributed by atoms with Crippen LogP contribution in [0.3, 0.4) is 0 Å².